The van der Waals surface area contributed by atoms with Crippen LogP contribution in [0.25, 0.3) is 0 Å². The Morgan fingerprint density at radius 3 is 2.56 bits per heavy atom. The number of carbonyl (C=O) groups excluding carboxylic acids is 1. The van der Waals surface area contributed by atoms with E-state index in [9.17, 15) is 22.4 Å². The number of rotatable bonds is 4. The number of aromatic nitrogens is 1. The lowest BCUT2D eigenvalue weighted by Crippen LogP contribution is -2.54. The first-order valence-corrected chi connectivity index (χ1v) is 8.72. The largest absolute Gasteiger partial charge is 0.444 e. The van der Waals surface area contributed by atoms with Crippen molar-refractivity contribution in [3.8, 4) is 0 Å². The van der Waals surface area contributed by atoms with Gasteiger partial charge in [0, 0.05) is 19.3 Å². The highest BCUT2D eigenvalue weighted by molar-refractivity contribution is 6.29. The summed E-state index contributed by atoms with van der Waals surface area (Å²) in [7, 11) is 0. The molecule has 152 valence electrons. The third-order valence-electron chi connectivity index (χ3n) is 4.15. The highest BCUT2D eigenvalue weighted by atomic mass is 35.5. The van der Waals surface area contributed by atoms with Gasteiger partial charge < -0.3 is 10.1 Å². The number of halogens is 5. The van der Waals surface area contributed by atoms with Crippen molar-refractivity contribution < 1.29 is 27.1 Å². The molecule has 1 aliphatic heterocycles. The number of pyridine rings is 1. The molecule has 2 atom stereocenters. The number of likely N-dealkylation sites (tertiary alicyclic amines) is 1. The van der Waals surface area contributed by atoms with Crippen LogP contribution in [0.5, 0.6) is 0 Å². The number of carbonyl (C=O) groups is 1. The standard InChI is InChI=1S/C17H22ClF4N3O2/c1-15(2,3)27-14(26)24-16(9-19)6-7-25(10-16)13(17(20,21)22)11-4-5-12(18)23-8-11/h4-5,8,13H,6-7,9-10H2,1-3H3,(H,24,26)/t13-,16?/m1/s1. The Balaban J connectivity index is 2.20. The zero-order chi connectivity index (χ0) is 20.5. The van der Waals surface area contributed by atoms with Gasteiger partial charge in [0.25, 0.3) is 0 Å². The number of alkyl halides is 4. The maximum atomic E-state index is 13.7. The second-order valence-corrected chi connectivity index (χ2v) is 8.01. The molecule has 0 saturated carbocycles. The van der Waals surface area contributed by atoms with Crippen LogP contribution < -0.4 is 5.32 Å². The third-order valence-corrected chi connectivity index (χ3v) is 4.37. The van der Waals surface area contributed by atoms with E-state index in [-0.39, 0.29) is 30.2 Å². The van der Waals surface area contributed by atoms with E-state index in [4.69, 9.17) is 16.3 Å². The quantitative estimate of drug-likeness (QED) is 0.593. The van der Waals surface area contributed by atoms with Gasteiger partial charge in [-0.2, -0.15) is 13.2 Å². The molecule has 2 rings (SSSR count). The summed E-state index contributed by atoms with van der Waals surface area (Å²) in [5.74, 6) is 0. The monoisotopic (exact) mass is 411 g/mol. The molecule has 10 heteroatoms. The van der Waals surface area contributed by atoms with Crippen LogP contribution in [0.15, 0.2) is 18.3 Å². The predicted molar refractivity (Wildman–Crippen MR) is 92.3 cm³/mol. The van der Waals surface area contributed by atoms with Crippen LogP contribution in [0, 0.1) is 0 Å². The molecule has 1 saturated heterocycles. The minimum absolute atomic E-state index is 0.0241. The van der Waals surface area contributed by atoms with E-state index in [1.54, 1.807) is 20.8 Å². The highest BCUT2D eigenvalue weighted by Crippen LogP contribution is 2.41. The Morgan fingerprint density at radius 1 is 1.41 bits per heavy atom. The average molecular weight is 412 g/mol. The molecule has 27 heavy (non-hydrogen) atoms. The summed E-state index contributed by atoms with van der Waals surface area (Å²) in [6, 6.07) is 0.535. The van der Waals surface area contributed by atoms with Crippen LogP contribution in [0.2, 0.25) is 5.15 Å². The number of hydrogen-bond acceptors (Lipinski definition) is 4. The molecule has 2 heterocycles. The first-order valence-electron chi connectivity index (χ1n) is 8.35. The Bertz CT molecular complexity index is 664. The van der Waals surface area contributed by atoms with Crippen LogP contribution in [-0.4, -0.2) is 53.1 Å². The highest BCUT2D eigenvalue weighted by Gasteiger charge is 2.51. The summed E-state index contributed by atoms with van der Waals surface area (Å²) in [6.07, 6.45) is -4.39. The third kappa shape index (κ3) is 5.68. The number of nitrogens with zero attached hydrogens (tertiary/aromatic N) is 2. The summed E-state index contributed by atoms with van der Waals surface area (Å²) in [4.78, 5) is 16.8. The first-order chi connectivity index (χ1) is 12.4. The summed E-state index contributed by atoms with van der Waals surface area (Å²) in [6.45, 7) is 3.56. The van der Waals surface area contributed by atoms with Crippen LogP contribution in [0.3, 0.4) is 0 Å². The van der Waals surface area contributed by atoms with Gasteiger partial charge in [-0.05, 0) is 38.8 Å². The molecule has 0 radical (unpaired) electrons. The fourth-order valence-corrected chi connectivity index (χ4v) is 3.16. The molecule has 0 spiro atoms. The molecular weight excluding hydrogens is 390 g/mol. The Morgan fingerprint density at radius 2 is 2.07 bits per heavy atom. The van der Waals surface area contributed by atoms with E-state index in [1.807, 2.05) is 0 Å². The number of alkyl carbamates (subject to hydrolysis) is 1. The van der Waals surface area contributed by atoms with Crippen LogP contribution >= 0.6 is 11.6 Å². The van der Waals surface area contributed by atoms with Crippen LogP contribution in [0.4, 0.5) is 22.4 Å². The Kier molecular flexibility index (Phi) is 6.26. The molecule has 1 aromatic rings. The van der Waals surface area contributed by atoms with Gasteiger partial charge in [-0.1, -0.05) is 17.7 Å². The second kappa shape index (κ2) is 7.79. The van der Waals surface area contributed by atoms with Crippen molar-refractivity contribution >= 4 is 17.7 Å². The first kappa shape index (κ1) is 21.7. The van der Waals surface area contributed by atoms with Crippen molar-refractivity contribution in [2.24, 2.45) is 0 Å². The maximum Gasteiger partial charge on any atom is 0.408 e. The molecular formula is C17H22ClF4N3O2. The van der Waals surface area contributed by atoms with E-state index in [2.05, 4.69) is 10.3 Å². The predicted octanol–water partition coefficient (Wildman–Crippen LogP) is 4.28. The molecule has 0 bridgehead atoms. The van der Waals surface area contributed by atoms with E-state index in [0.29, 0.717) is 0 Å². The van der Waals surface area contributed by atoms with Crippen molar-refractivity contribution in [3.63, 3.8) is 0 Å². The van der Waals surface area contributed by atoms with E-state index >= 15 is 0 Å². The minimum atomic E-state index is -4.60. The summed E-state index contributed by atoms with van der Waals surface area (Å²) in [5, 5.41) is 2.49. The number of hydrogen-bond donors (Lipinski definition) is 1. The van der Waals surface area contributed by atoms with Crippen molar-refractivity contribution in [1.29, 1.82) is 0 Å². The second-order valence-electron chi connectivity index (χ2n) is 7.62. The zero-order valence-corrected chi connectivity index (χ0v) is 16.0. The van der Waals surface area contributed by atoms with Crippen LogP contribution in [-0.2, 0) is 4.74 Å². The summed E-state index contributed by atoms with van der Waals surface area (Å²) >= 11 is 5.65. The Labute approximate surface area is 160 Å². The fraction of sp³-hybridized carbons (Fsp3) is 0.647. The normalized spacial score (nSPS) is 22.5. The topological polar surface area (TPSA) is 54.5 Å². The van der Waals surface area contributed by atoms with E-state index < -0.39 is 36.1 Å². The number of nitrogens with one attached hydrogen (secondary N) is 1. The zero-order valence-electron chi connectivity index (χ0n) is 15.2. The van der Waals surface area contributed by atoms with Gasteiger partial charge in [-0.3, -0.25) is 4.90 Å². The van der Waals surface area contributed by atoms with Gasteiger partial charge in [0.05, 0.1) is 5.54 Å². The molecule has 1 fully saturated rings. The van der Waals surface area contributed by atoms with Gasteiger partial charge in [0.2, 0.25) is 0 Å². The van der Waals surface area contributed by atoms with Gasteiger partial charge in [0.1, 0.15) is 23.5 Å². The molecule has 1 amide bonds. The van der Waals surface area contributed by atoms with Crippen molar-refractivity contribution in [3.05, 3.63) is 29.0 Å². The lowest BCUT2D eigenvalue weighted by atomic mass is 10.0. The van der Waals surface area contributed by atoms with Gasteiger partial charge >= 0.3 is 12.3 Å². The van der Waals surface area contributed by atoms with Crippen molar-refractivity contribution in [1.82, 2.24) is 15.2 Å². The van der Waals surface area contributed by atoms with Crippen molar-refractivity contribution in [2.45, 2.75) is 50.6 Å². The van der Waals surface area contributed by atoms with Gasteiger partial charge in [0.15, 0.2) is 0 Å². The summed E-state index contributed by atoms with van der Waals surface area (Å²) < 4.78 is 59.9. The van der Waals surface area contributed by atoms with Gasteiger partial charge in [-0.15, -0.1) is 0 Å². The Hall–Kier alpha value is -1.61. The van der Waals surface area contributed by atoms with E-state index in [1.165, 1.54) is 12.1 Å². The van der Waals surface area contributed by atoms with Gasteiger partial charge in [-0.25, -0.2) is 14.2 Å². The average Bonchev–Trinajstić information content (AvgIpc) is 2.90. The molecule has 0 aromatic carbocycles. The lowest BCUT2D eigenvalue weighted by molar-refractivity contribution is -0.184. The lowest BCUT2D eigenvalue weighted by Gasteiger charge is -2.33. The molecule has 5 nitrogen and oxygen atoms in total. The maximum absolute atomic E-state index is 13.7. The van der Waals surface area contributed by atoms with Crippen molar-refractivity contribution in [2.75, 3.05) is 19.8 Å². The van der Waals surface area contributed by atoms with E-state index in [0.717, 1.165) is 11.1 Å². The molecule has 1 aromatic heterocycles. The fourth-order valence-electron chi connectivity index (χ4n) is 3.05. The smallest absolute Gasteiger partial charge is 0.408 e. The SMILES string of the molecule is CC(C)(C)OC(=O)NC1(CF)CCN([C@H](c2ccc(Cl)nc2)C(F)(F)F)C1. The molecule has 0 aliphatic carbocycles. The van der Waals surface area contributed by atoms with Crippen LogP contribution in [0.1, 0.15) is 38.8 Å². The molecule has 1 aliphatic rings. The molecule has 1 N–H and O–H groups in total. The minimum Gasteiger partial charge on any atom is -0.444 e. The number of amides is 1. The summed E-state index contributed by atoms with van der Waals surface area (Å²) in [5.41, 5.74) is -2.34. The number of ether oxygens (including phenoxy) is 1. The molecule has 1 unspecified atom stereocenters.